The number of benzene rings is 1. The van der Waals surface area contributed by atoms with Gasteiger partial charge in [-0.25, -0.2) is 18.0 Å². The number of aliphatic carboxylic acids is 1. The highest BCUT2D eigenvalue weighted by Gasteiger charge is 2.41. The van der Waals surface area contributed by atoms with Crippen molar-refractivity contribution in [1.29, 1.82) is 0 Å². The number of alkyl halides is 2. The van der Waals surface area contributed by atoms with Crippen LogP contribution >= 0.6 is 27.7 Å². The minimum atomic E-state index is -2.88. The summed E-state index contributed by atoms with van der Waals surface area (Å²) < 4.78 is 46.4. The Morgan fingerprint density at radius 2 is 2.18 bits per heavy atom. The Kier molecular flexibility index (Phi) is 13.2. The molecule has 1 aromatic rings. The van der Waals surface area contributed by atoms with Crippen LogP contribution in [-0.2, 0) is 14.3 Å². The van der Waals surface area contributed by atoms with E-state index in [0.29, 0.717) is 16.6 Å². The molecular formula is C26H32BrF3N4O4S. The molecule has 39 heavy (non-hydrogen) atoms. The van der Waals surface area contributed by atoms with Gasteiger partial charge in [0.2, 0.25) is 0 Å². The largest absolute Gasteiger partial charge is 0.481 e. The predicted molar refractivity (Wildman–Crippen MR) is 151 cm³/mol. The summed E-state index contributed by atoms with van der Waals surface area (Å²) in [5.74, 6) is -4.21. The first-order chi connectivity index (χ1) is 18.5. The van der Waals surface area contributed by atoms with Crippen molar-refractivity contribution in [3.8, 4) is 0 Å². The number of carbonyl (C=O) groups is 2. The third-order valence-electron chi connectivity index (χ3n) is 5.78. The van der Waals surface area contributed by atoms with E-state index in [1.54, 1.807) is 36.4 Å². The first-order valence-corrected chi connectivity index (χ1v) is 13.9. The van der Waals surface area contributed by atoms with Gasteiger partial charge in [-0.3, -0.25) is 19.7 Å². The van der Waals surface area contributed by atoms with E-state index in [0.717, 1.165) is 4.47 Å². The first kappa shape index (κ1) is 32.6. The second-order valence-corrected chi connectivity index (χ2v) is 10.5. The fourth-order valence-corrected chi connectivity index (χ4v) is 4.86. The van der Waals surface area contributed by atoms with Crippen LogP contribution in [0, 0.1) is 5.82 Å². The van der Waals surface area contributed by atoms with Gasteiger partial charge in [0.1, 0.15) is 10.9 Å². The van der Waals surface area contributed by atoms with Crippen molar-refractivity contribution in [2.24, 2.45) is 9.98 Å². The summed E-state index contributed by atoms with van der Waals surface area (Å²) in [7, 11) is 1.59. The molecule has 2 N–H and O–H groups in total. The molecule has 2 aliphatic heterocycles. The molecular weight excluding hydrogens is 601 g/mol. The maximum absolute atomic E-state index is 14.2. The molecule has 2 heterocycles. The van der Waals surface area contributed by atoms with Crippen LogP contribution in [0.25, 0.3) is 0 Å². The van der Waals surface area contributed by atoms with Crippen molar-refractivity contribution in [2.45, 2.75) is 44.6 Å². The molecule has 1 saturated heterocycles. The Morgan fingerprint density at radius 3 is 2.74 bits per heavy atom. The van der Waals surface area contributed by atoms with Crippen molar-refractivity contribution in [2.75, 3.05) is 33.3 Å². The van der Waals surface area contributed by atoms with Gasteiger partial charge in [0.25, 0.3) is 5.92 Å². The molecule has 0 aromatic heterocycles. The van der Waals surface area contributed by atoms with Crippen LogP contribution in [0.2, 0.25) is 0 Å². The molecule has 2 aliphatic rings. The zero-order chi connectivity index (χ0) is 29.0. The first-order valence-electron chi connectivity index (χ1n) is 12.2. The third kappa shape index (κ3) is 10.8. The lowest BCUT2D eigenvalue weighted by molar-refractivity contribution is -0.139. The number of rotatable bonds is 9. The minimum Gasteiger partial charge on any atom is -0.481 e. The van der Waals surface area contributed by atoms with Crippen molar-refractivity contribution >= 4 is 50.5 Å². The van der Waals surface area contributed by atoms with Crippen LogP contribution in [0.15, 0.2) is 62.0 Å². The summed E-state index contributed by atoms with van der Waals surface area (Å²) in [5, 5.41) is 14.2. The van der Waals surface area contributed by atoms with E-state index in [1.807, 2.05) is 0 Å². The Balaban J connectivity index is 0.000000568. The topological polar surface area (TPSA) is 104 Å². The van der Waals surface area contributed by atoms with Gasteiger partial charge in [-0.15, -0.1) is 0 Å². The van der Waals surface area contributed by atoms with E-state index in [9.17, 15) is 22.8 Å². The van der Waals surface area contributed by atoms with Crippen molar-refractivity contribution in [3.05, 3.63) is 57.8 Å². The van der Waals surface area contributed by atoms with Gasteiger partial charge >= 0.3 is 11.9 Å². The minimum absolute atomic E-state index is 0.0167. The fourth-order valence-electron chi connectivity index (χ4n) is 4.00. The van der Waals surface area contributed by atoms with Gasteiger partial charge in [-0.05, 0) is 43.4 Å². The highest BCUT2D eigenvalue weighted by molar-refractivity contribution is 9.10. The van der Waals surface area contributed by atoms with Crippen LogP contribution in [0.1, 0.15) is 32.6 Å². The number of thioether (sulfide) groups is 1. The maximum Gasteiger partial charge on any atom is 0.337 e. The molecule has 0 aliphatic carbocycles. The smallest absolute Gasteiger partial charge is 0.337 e. The fraction of sp³-hybridized carbons (Fsp3) is 0.462. The average Bonchev–Trinajstić information content (AvgIpc) is 2.86. The van der Waals surface area contributed by atoms with Crippen LogP contribution in [0.3, 0.4) is 0 Å². The standard InChI is InChI=1S/C20H28F2N4O4S.C6H4BrF/c1-4-30-19(29)14-10-24-17(18(23-3)31-5-2)25-15(14)11-26-12-20(21,22)9-8-13(26)6-7-16(27)28;7-5-2-1-3-6(8)4-5/h5,13H,2,4,6-12H2,1,3H3,(H,24,25)(H,27,28);1-4H/t13-;/m1./s1. The Hall–Kier alpha value is -2.64. The Morgan fingerprint density at radius 1 is 1.44 bits per heavy atom. The highest BCUT2D eigenvalue weighted by Crippen LogP contribution is 2.33. The van der Waals surface area contributed by atoms with Crippen LogP contribution < -0.4 is 5.32 Å². The van der Waals surface area contributed by atoms with Crippen molar-refractivity contribution in [3.63, 3.8) is 0 Å². The van der Waals surface area contributed by atoms with E-state index in [2.05, 4.69) is 37.8 Å². The van der Waals surface area contributed by atoms with Gasteiger partial charge in [0.05, 0.1) is 25.3 Å². The van der Waals surface area contributed by atoms with Gasteiger partial charge in [0.15, 0.2) is 5.84 Å². The Bertz CT molecular complexity index is 1110. The van der Waals surface area contributed by atoms with Crippen molar-refractivity contribution in [1.82, 2.24) is 10.2 Å². The van der Waals surface area contributed by atoms with Gasteiger partial charge in [-0.2, -0.15) is 0 Å². The monoisotopic (exact) mass is 632 g/mol. The summed E-state index contributed by atoms with van der Waals surface area (Å²) in [6.45, 7) is 5.04. The van der Waals surface area contributed by atoms with E-state index in [1.165, 1.54) is 23.9 Å². The number of esters is 1. The Labute approximate surface area is 238 Å². The molecule has 0 unspecified atom stereocenters. The molecule has 1 atom stereocenters. The molecule has 0 amide bonds. The zero-order valence-corrected chi connectivity index (χ0v) is 24.2. The number of piperidine rings is 1. The number of amidine groups is 1. The third-order valence-corrected chi connectivity index (χ3v) is 7.04. The molecule has 0 saturated carbocycles. The molecule has 3 rings (SSSR count). The number of nitrogens with one attached hydrogen (secondary N) is 1. The summed E-state index contributed by atoms with van der Waals surface area (Å²) in [6, 6.07) is 5.92. The lowest BCUT2D eigenvalue weighted by Gasteiger charge is -2.40. The molecule has 8 nitrogen and oxygen atoms in total. The summed E-state index contributed by atoms with van der Waals surface area (Å²) in [6.07, 6.45) is 0.0270. The zero-order valence-electron chi connectivity index (χ0n) is 21.8. The lowest BCUT2D eigenvalue weighted by Crippen LogP contribution is -2.51. The predicted octanol–water partition coefficient (Wildman–Crippen LogP) is 5.26. The van der Waals surface area contributed by atoms with E-state index in [-0.39, 0.29) is 62.8 Å². The van der Waals surface area contributed by atoms with Gasteiger partial charge < -0.3 is 15.2 Å². The second kappa shape index (κ2) is 15.8. The number of carboxylic acid groups (broad SMARTS) is 1. The number of aliphatic imine (C=N–C) groups is 2. The number of hydrogen-bond donors (Lipinski definition) is 2. The van der Waals surface area contributed by atoms with Gasteiger partial charge in [0, 0.05) is 42.6 Å². The number of halogens is 4. The molecule has 1 aromatic carbocycles. The lowest BCUT2D eigenvalue weighted by atomic mass is 9.95. The molecule has 214 valence electrons. The summed E-state index contributed by atoms with van der Waals surface area (Å²) in [5.41, 5.74) is 0.669. The maximum atomic E-state index is 14.2. The van der Waals surface area contributed by atoms with Gasteiger partial charge in [-0.1, -0.05) is 40.3 Å². The summed E-state index contributed by atoms with van der Waals surface area (Å²) >= 11 is 4.37. The molecule has 0 spiro atoms. The number of carboxylic acids is 1. The SMILES string of the molecule is C=CSC(=NC)C1=NCC(C(=O)OCC)=C(CN2CC(F)(F)CC[C@H]2CCC(=O)O)N1.Fc1cccc(Br)c1. The second-order valence-electron chi connectivity index (χ2n) is 8.61. The highest BCUT2D eigenvalue weighted by atomic mass is 79.9. The number of hydrogen-bond acceptors (Lipinski definition) is 8. The van der Waals surface area contributed by atoms with E-state index < -0.39 is 24.4 Å². The van der Waals surface area contributed by atoms with E-state index in [4.69, 9.17) is 9.84 Å². The molecule has 13 heteroatoms. The number of carbonyl (C=O) groups excluding carboxylic acids is 1. The van der Waals surface area contributed by atoms with Crippen LogP contribution in [0.4, 0.5) is 13.2 Å². The van der Waals surface area contributed by atoms with Crippen molar-refractivity contribution < 1.29 is 32.6 Å². The number of nitrogens with zero attached hydrogens (tertiary/aromatic N) is 3. The molecule has 0 bridgehead atoms. The van der Waals surface area contributed by atoms with Crippen LogP contribution in [-0.4, -0.2) is 78.1 Å². The van der Waals surface area contributed by atoms with E-state index >= 15 is 0 Å². The quantitative estimate of drug-likeness (QED) is 0.217. The molecule has 0 radical (unpaired) electrons. The van der Waals surface area contributed by atoms with Crippen LogP contribution in [0.5, 0.6) is 0 Å². The number of likely N-dealkylation sites (tertiary alicyclic amines) is 1. The number of ether oxygens (including phenoxy) is 1. The summed E-state index contributed by atoms with van der Waals surface area (Å²) in [4.78, 5) is 33.5. The molecule has 1 fully saturated rings. The normalized spacial score (nSPS) is 19.3. The average molecular weight is 634 g/mol.